The third kappa shape index (κ3) is 3.23. The van der Waals surface area contributed by atoms with E-state index in [4.69, 9.17) is 11.6 Å². The molecule has 0 fully saturated rings. The predicted octanol–water partition coefficient (Wildman–Crippen LogP) is 4.88. The Morgan fingerprint density at radius 3 is 2.60 bits per heavy atom. The maximum Gasteiger partial charge on any atom is 0.212 e. The average Bonchev–Trinajstić information content (AvgIpc) is 3.04. The summed E-state index contributed by atoms with van der Waals surface area (Å²) >= 11 is 7.43. The molecule has 0 saturated carbocycles. The highest BCUT2D eigenvalue weighted by Crippen LogP contribution is 2.28. The van der Waals surface area contributed by atoms with Crippen LogP contribution in [-0.4, -0.2) is 19.8 Å². The minimum absolute atomic E-state index is 0.327. The van der Waals surface area contributed by atoms with Crippen LogP contribution in [0.4, 0.5) is 4.39 Å². The van der Waals surface area contributed by atoms with Gasteiger partial charge in [0.1, 0.15) is 5.82 Å². The van der Waals surface area contributed by atoms with E-state index in [-0.39, 0.29) is 5.82 Å². The summed E-state index contributed by atoms with van der Waals surface area (Å²) in [7, 11) is 0. The fourth-order valence-corrected chi connectivity index (χ4v) is 3.66. The molecule has 2 aromatic carbocycles. The van der Waals surface area contributed by atoms with E-state index in [1.54, 1.807) is 16.6 Å². The number of hydrogen-bond acceptors (Lipinski definition) is 4. The smallest absolute Gasteiger partial charge is 0.207 e. The van der Waals surface area contributed by atoms with Gasteiger partial charge in [-0.1, -0.05) is 59.8 Å². The van der Waals surface area contributed by atoms with Gasteiger partial charge in [-0.15, -0.1) is 10.2 Å². The first kappa shape index (κ1) is 16.1. The van der Waals surface area contributed by atoms with Gasteiger partial charge in [-0.2, -0.15) is 9.61 Å². The Hall–Kier alpha value is -2.44. The predicted molar refractivity (Wildman–Crippen MR) is 97.2 cm³/mol. The quantitative estimate of drug-likeness (QED) is 0.480. The van der Waals surface area contributed by atoms with Gasteiger partial charge >= 0.3 is 0 Å². The first-order chi connectivity index (χ1) is 12.2. The number of fused-ring (bicyclic) bond motifs is 1. The molecule has 0 atom stereocenters. The Morgan fingerprint density at radius 1 is 0.960 bits per heavy atom. The zero-order valence-electron chi connectivity index (χ0n) is 12.9. The van der Waals surface area contributed by atoms with Crippen molar-refractivity contribution >= 4 is 29.0 Å². The summed E-state index contributed by atoms with van der Waals surface area (Å²) in [6.07, 6.45) is 0. The second kappa shape index (κ2) is 6.82. The maximum atomic E-state index is 13.9. The lowest BCUT2D eigenvalue weighted by Crippen LogP contribution is -1.97. The second-order valence-electron chi connectivity index (χ2n) is 5.33. The summed E-state index contributed by atoms with van der Waals surface area (Å²) in [4.78, 5) is 0. The Kier molecular flexibility index (Phi) is 4.38. The van der Waals surface area contributed by atoms with Gasteiger partial charge in [-0.05, 0) is 24.3 Å². The zero-order chi connectivity index (χ0) is 17.2. The van der Waals surface area contributed by atoms with Crippen molar-refractivity contribution in [1.82, 2.24) is 19.8 Å². The van der Waals surface area contributed by atoms with E-state index < -0.39 is 0 Å². The van der Waals surface area contributed by atoms with Crippen molar-refractivity contribution in [3.63, 3.8) is 0 Å². The second-order valence-corrected chi connectivity index (χ2v) is 6.68. The first-order valence-electron chi connectivity index (χ1n) is 7.56. The fourth-order valence-electron chi connectivity index (χ4n) is 2.43. The molecular formula is C18H12ClFN4S. The van der Waals surface area contributed by atoms with E-state index in [1.165, 1.54) is 17.8 Å². The van der Waals surface area contributed by atoms with Gasteiger partial charge in [-0.3, -0.25) is 0 Å². The summed E-state index contributed by atoms with van der Waals surface area (Å²) < 4.78 is 15.6. The van der Waals surface area contributed by atoms with Crippen LogP contribution in [0.3, 0.4) is 0 Å². The molecule has 2 heterocycles. The summed E-state index contributed by atoms with van der Waals surface area (Å²) in [6, 6.07) is 18.3. The molecule has 0 aliphatic rings. The van der Waals surface area contributed by atoms with Crippen molar-refractivity contribution < 1.29 is 4.39 Å². The Balaban J connectivity index is 1.66. The van der Waals surface area contributed by atoms with Crippen molar-refractivity contribution in [2.75, 3.05) is 0 Å². The summed E-state index contributed by atoms with van der Waals surface area (Å²) in [5.41, 5.74) is 2.91. The van der Waals surface area contributed by atoms with E-state index >= 15 is 0 Å². The number of hydrogen-bond donors (Lipinski definition) is 0. The molecule has 0 radical (unpaired) electrons. The van der Waals surface area contributed by atoms with Gasteiger partial charge < -0.3 is 0 Å². The lowest BCUT2D eigenvalue weighted by atomic mass is 10.1. The van der Waals surface area contributed by atoms with Gasteiger partial charge in [0.15, 0.2) is 5.65 Å². The number of halogens is 2. The van der Waals surface area contributed by atoms with Crippen molar-refractivity contribution in [2.24, 2.45) is 0 Å². The largest absolute Gasteiger partial charge is 0.212 e. The van der Waals surface area contributed by atoms with E-state index in [1.807, 2.05) is 42.5 Å². The molecule has 25 heavy (non-hydrogen) atoms. The van der Waals surface area contributed by atoms with Crippen LogP contribution in [0, 0.1) is 5.82 Å². The molecule has 0 N–H and O–H groups in total. The molecule has 0 unspecified atom stereocenters. The minimum atomic E-state index is -0.327. The average molecular weight is 371 g/mol. The Morgan fingerprint density at radius 2 is 1.80 bits per heavy atom. The molecule has 2 aromatic heterocycles. The SMILES string of the molecule is Fc1cccc(Cl)c1CSc1nnc2ccc(-c3ccccc3)nn12. The Bertz CT molecular complexity index is 1020. The third-order valence-electron chi connectivity index (χ3n) is 3.71. The van der Waals surface area contributed by atoms with Crippen LogP contribution in [0.25, 0.3) is 16.9 Å². The molecular weight excluding hydrogens is 359 g/mol. The monoisotopic (exact) mass is 370 g/mol. The molecule has 4 aromatic rings. The molecule has 4 nitrogen and oxygen atoms in total. The van der Waals surface area contributed by atoms with E-state index in [0.29, 0.717) is 27.1 Å². The lowest BCUT2D eigenvalue weighted by Gasteiger charge is -2.05. The van der Waals surface area contributed by atoms with Crippen molar-refractivity contribution in [3.8, 4) is 11.3 Å². The van der Waals surface area contributed by atoms with E-state index in [0.717, 1.165) is 11.3 Å². The zero-order valence-corrected chi connectivity index (χ0v) is 14.5. The van der Waals surface area contributed by atoms with Gasteiger partial charge in [0.05, 0.1) is 5.69 Å². The maximum absolute atomic E-state index is 13.9. The van der Waals surface area contributed by atoms with Crippen LogP contribution >= 0.6 is 23.4 Å². The van der Waals surface area contributed by atoms with Crippen LogP contribution in [0.1, 0.15) is 5.56 Å². The highest BCUT2D eigenvalue weighted by atomic mass is 35.5. The van der Waals surface area contributed by atoms with Crippen molar-refractivity contribution in [3.05, 3.63) is 77.1 Å². The van der Waals surface area contributed by atoms with Crippen molar-refractivity contribution in [1.29, 1.82) is 0 Å². The highest BCUT2D eigenvalue weighted by Gasteiger charge is 2.12. The van der Waals surface area contributed by atoms with E-state index in [2.05, 4.69) is 15.3 Å². The molecule has 0 aliphatic carbocycles. The molecule has 0 bridgehead atoms. The minimum Gasteiger partial charge on any atom is -0.207 e. The van der Waals surface area contributed by atoms with Crippen LogP contribution in [0.15, 0.2) is 65.8 Å². The fraction of sp³-hybridized carbons (Fsp3) is 0.0556. The van der Waals surface area contributed by atoms with Gasteiger partial charge in [0.2, 0.25) is 5.16 Å². The normalized spacial score (nSPS) is 11.1. The summed E-state index contributed by atoms with van der Waals surface area (Å²) in [5.74, 6) is 0.0237. The first-order valence-corrected chi connectivity index (χ1v) is 8.92. The Labute approximate surface area is 152 Å². The molecule has 0 saturated heterocycles. The topological polar surface area (TPSA) is 43.1 Å². The molecule has 7 heteroatoms. The van der Waals surface area contributed by atoms with Crippen LogP contribution in [0.5, 0.6) is 0 Å². The molecule has 4 rings (SSSR count). The number of benzene rings is 2. The van der Waals surface area contributed by atoms with Crippen LogP contribution in [-0.2, 0) is 5.75 Å². The molecule has 0 aliphatic heterocycles. The van der Waals surface area contributed by atoms with Gasteiger partial charge in [0.25, 0.3) is 0 Å². The van der Waals surface area contributed by atoms with Crippen LogP contribution < -0.4 is 0 Å². The molecule has 0 amide bonds. The van der Waals surface area contributed by atoms with E-state index in [9.17, 15) is 4.39 Å². The number of aromatic nitrogens is 4. The summed E-state index contributed by atoms with van der Waals surface area (Å²) in [5, 5.41) is 13.9. The number of thioether (sulfide) groups is 1. The molecule has 0 spiro atoms. The highest BCUT2D eigenvalue weighted by molar-refractivity contribution is 7.98. The summed E-state index contributed by atoms with van der Waals surface area (Å²) in [6.45, 7) is 0. The standard InChI is InChI=1S/C18H12ClFN4S/c19-14-7-4-8-15(20)13(14)11-25-18-22-21-17-10-9-16(23-24(17)18)12-5-2-1-3-6-12/h1-10H,11H2. The number of rotatable bonds is 4. The van der Waals surface area contributed by atoms with Crippen LogP contribution in [0.2, 0.25) is 5.02 Å². The number of nitrogens with zero attached hydrogens (tertiary/aromatic N) is 4. The lowest BCUT2D eigenvalue weighted by molar-refractivity contribution is 0.617. The van der Waals surface area contributed by atoms with Gasteiger partial charge in [0, 0.05) is 21.9 Å². The van der Waals surface area contributed by atoms with Gasteiger partial charge in [-0.25, -0.2) is 4.39 Å². The molecule has 124 valence electrons. The van der Waals surface area contributed by atoms with Crippen molar-refractivity contribution in [2.45, 2.75) is 10.9 Å². The third-order valence-corrected chi connectivity index (χ3v) is 5.01.